The molecule has 2 aromatic carbocycles. The maximum absolute atomic E-state index is 10.3. The molecule has 2 rings (SSSR count). The van der Waals surface area contributed by atoms with E-state index in [1.165, 1.54) is 5.56 Å². The van der Waals surface area contributed by atoms with Crippen LogP contribution >= 0.6 is 0 Å². The summed E-state index contributed by atoms with van der Waals surface area (Å²) >= 11 is 0. The molecule has 0 bridgehead atoms. The Bertz CT molecular complexity index is 476. The van der Waals surface area contributed by atoms with E-state index in [0.717, 1.165) is 17.7 Å². The Labute approximate surface area is 109 Å². The first kappa shape index (κ1) is 12.8. The number of benzene rings is 2. The fourth-order valence-corrected chi connectivity index (χ4v) is 2.00. The molecule has 0 saturated carbocycles. The van der Waals surface area contributed by atoms with E-state index in [1.807, 2.05) is 56.6 Å². The van der Waals surface area contributed by atoms with Gasteiger partial charge in [0.2, 0.25) is 0 Å². The SMILES string of the molecule is CN(C)Cc1ccc(C(O)c2ccccc2)cc1. The molecule has 1 atom stereocenters. The Kier molecular flexibility index (Phi) is 4.13. The molecular weight excluding hydrogens is 222 g/mol. The Morgan fingerprint density at radius 3 is 2.00 bits per heavy atom. The third kappa shape index (κ3) is 3.19. The molecule has 0 spiro atoms. The van der Waals surface area contributed by atoms with Gasteiger partial charge in [-0.3, -0.25) is 0 Å². The highest BCUT2D eigenvalue weighted by Crippen LogP contribution is 2.21. The van der Waals surface area contributed by atoms with Crippen LogP contribution in [-0.4, -0.2) is 24.1 Å². The molecule has 0 heterocycles. The molecule has 0 amide bonds. The highest BCUT2D eigenvalue weighted by molar-refractivity contribution is 5.31. The first-order chi connectivity index (χ1) is 8.66. The number of aliphatic hydroxyl groups is 1. The van der Waals surface area contributed by atoms with E-state index in [4.69, 9.17) is 0 Å². The summed E-state index contributed by atoms with van der Waals surface area (Å²) in [5, 5.41) is 10.3. The molecule has 1 N–H and O–H groups in total. The van der Waals surface area contributed by atoms with Crippen LogP contribution in [0.4, 0.5) is 0 Å². The van der Waals surface area contributed by atoms with Crippen LogP contribution in [0.1, 0.15) is 22.8 Å². The van der Waals surface area contributed by atoms with Gasteiger partial charge in [-0.25, -0.2) is 0 Å². The van der Waals surface area contributed by atoms with Crippen LogP contribution in [0, 0.1) is 0 Å². The van der Waals surface area contributed by atoms with E-state index in [1.54, 1.807) is 0 Å². The van der Waals surface area contributed by atoms with Crippen molar-refractivity contribution in [2.24, 2.45) is 0 Å². The van der Waals surface area contributed by atoms with E-state index in [-0.39, 0.29) is 0 Å². The van der Waals surface area contributed by atoms with Crippen molar-refractivity contribution < 1.29 is 5.11 Å². The van der Waals surface area contributed by atoms with Gasteiger partial charge in [0.25, 0.3) is 0 Å². The van der Waals surface area contributed by atoms with Crippen molar-refractivity contribution in [1.82, 2.24) is 4.90 Å². The first-order valence-corrected chi connectivity index (χ1v) is 6.13. The first-order valence-electron chi connectivity index (χ1n) is 6.13. The topological polar surface area (TPSA) is 23.5 Å². The smallest absolute Gasteiger partial charge is 0.104 e. The van der Waals surface area contributed by atoms with Crippen LogP contribution < -0.4 is 0 Å². The molecule has 0 aliphatic heterocycles. The molecule has 0 aliphatic rings. The van der Waals surface area contributed by atoms with Gasteiger partial charge in [-0.05, 0) is 30.8 Å². The van der Waals surface area contributed by atoms with Gasteiger partial charge in [0.15, 0.2) is 0 Å². The van der Waals surface area contributed by atoms with Gasteiger partial charge in [0.1, 0.15) is 6.10 Å². The zero-order valence-corrected chi connectivity index (χ0v) is 10.9. The predicted molar refractivity (Wildman–Crippen MR) is 74.3 cm³/mol. The Morgan fingerprint density at radius 2 is 1.44 bits per heavy atom. The van der Waals surface area contributed by atoms with E-state index in [2.05, 4.69) is 17.0 Å². The molecule has 18 heavy (non-hydrogen) atoms. The molecule has 1 unspecified atom stereocenters. The monoisotopic (exact) mass is 241 g/mol. The minimum Gasteiger partial charge on any atom is -0.384 e. The third-order valence-electron chi connectivity index (χ3n) is 2.91. The molecular formula is C16H19NO. The summed E-state index contributed by atoms with van der Waals surface area (Å²) in [6, 6.07) is 17.9. The average molecular weight is 241 g/mol. The maximum atomic E-state index is 10.3. The number of nitrogens with zero attached hydrogens (tertiary/aromatic N) is 1. The van der Waals surface area contributed by atoms with Crippen LogP contribution in [0.15, 0.2) is 54.6 Å². The van der Waals surface area contributed by atoms with Gasteiger partial charge in [-0.15, -0.1) is 0 Å². The fourth-order valence-electron chi connectivity index (χ4n) is 2.00. The van der Waals surface area contributed by atoms with Crippen LogP contribution in [0.5, 0.6) is 0 Å². The van der Waals surface area contributed by atoms with Crippen LogP contribution in [0.25, 0.3) is 0 Å². The molecule has 94 valence electrons. The summed E-state index contributed by atoms with van der Waals surface area (Å²) in [5.41, 5.74) is 3.12. The lowest BCUT2D eigenvalue weighted by molar-refractivity contribution is 0.220. The molecule has 0 aliphatic carbocycles. The van der Waals surface area contributed by atoms with Crippen LogP contribution in [0.2, 0.25) is 0 Å². The summed E-state index contributed by atoms with van der Waals surface area (Å²) < 4.78 is 0. The number of rotatable bonds is 4. The molecule has 2 heteroatoms. The lowest BCUT2D eigenvalue weighted by Gasteiger charge is -2.13. The summed E-state index contributed by atoms with van der Waals surface area (Å²) in [7, 11) is 4.10. The van der Waals surface area contributed by atoms with Crippen molar-refractivity contribution in [3.8, 4) is 0 Å². The summed E-state index contributed by atoms with van der Waals surface area (Å²) in [6.07, 6.45) is -0.542. The van der Waals surface area contributed by atoms with Crippen LogP contribution in [0.3, 0.4) is 0 Å². The van der Waals surface area contributed by atoms with E-state index in [0.29, 0.717) is 0 Å². The van der Waals surface area contributed by atoms with Crippen molar-refractivity contribution in [1.29, 1.82) is 0 Å². The Morgan fingerprint density at radius 1 is 0.889 bits per heavy atom. The summed E-state index contributed by atoms with van der Waals surface area (Å²) in [5.74, 6) is 0. The summed E-state index contributed by atoms with van der Waals surface area (Å²) in [6.45, 7) is 0.918. The van der Waals surface area contributed by atoms with Gasteiger partial charge in [-0.2, -0.15) is 0 Å². The minimum absolute atomic E-state index is 0.542. The standard InChI is InChI=1S/C16H19NO/c1-17(2)12-13-8-10-15(11-9-13)16(18)14-6-4-3-5-7-14/h3-11,16,18H,12H2,1-2H3. The van der Waals surface area contributed by atoms with Crippen molar-refractivity contribution in [2.45, 2.75) is 12.6 Å². The molecule has 0 fully saturated rings. The lowest BCUT2D eigenvalue weighted by Crippen LogP contribution is -2.10. The van der Waals surface area contributed by atoms with Gasteiger partial charge in [-0.1, -0.05) is 54.6 Å². The average Bonchev–Trinajstić information content (AvgIpc) is 2.39. The fraction of sp³-hybridized carbons (Fsp3) is 0.250. The van der Waals surface area contributed by atoms with E-state index >= 15 is 0 Å². The number of hydrogen-bond acceptors (Lipinski definition) is 2. The second kappa shape index (κ2) is 5.80. The lowest BCUT2D eigenvalue weighted by atomic mass is 10.0. The highest BCUT2D eigenvalue weighted by atomic mass is 16.3. The molecule has 0 aromatic heterocycles. The predicted octanol–water partition coefficient (Wildman–Crippen LogP) is 2.83. The largest absolute Gasteiger partial charge is 0.384 e. The summed E-state index contributed by atoms with van der Waals surface area (Å²) in [4.78, 5) is 2.13. The third-order valence-corrected chi connectivity index (χ3v) is 2.91. The van der Waals surface area contributed by atoms with Crippen molar-refractivity contribution >= 4 is 0 Å². The molecule has 2 aromatic rings. The normalized spacial score (nSPS) is 12.7. The number of aliphatic hydroxyl groups excluding tert-OH is 1. The Balaban J connectivity index is 2.14. The van der Waals surface area contributed by atoms with Crippen molar-refractivity contribution in [2.75, 3.05) is 14.1 Å². The molecule has 2 nitrogen and oxygen atoms in total. The quantitative estimate of drug-likeness (QED) is 0.889. The second-order valence-electron chi connectivity index (χ2n) is 4.79. The zero-order valence-electron chi connectivity index (χ0n) is 10.9. The zero-order chi connectivity index (χ0) is 13.0. The number of hydrogen-bond donors (Lipinski definition) is 1. The van der Waals surface area contributed by atoms with E-state index < -0.39 is 6.10 Å². The minimum atomic E-state index is -0.542. The van der Waals surface area contributed by atoms with Gasteiger partial charge < -0.3 is 10.0 Å². The molecule has 0 radical (unpaired) electrons. The van der Waals surface area contributed by atoms with Gasteiger partial charge in [0.05, 0.1) is 0 Å². The highest BCUT2D eigenvalue weighted by Gasteiger charge is 2.09. The second-order valence-corrected chi connectivity index (χ2v) is 4.79. The maximum Gasteiger partial charge on any atom is 0.104 e. The van der Waals surface area contributed by atoms with Crippen molar-refractivity contribution in [3.05, 3.63) is 71.3 Å². The van der Waals surface area contributed by atoms with Gasteiger partial charge in [0, 0.05) is 6.54 Å². The molecule has 0 saturated heterocycles. The van der Waals surface area contributed by atoms with Gasteiger partial charge >= 0.3 is 0 Å². The van der Waals surface area contributed by atoms with Crippen LogP contribution in [-0.2, 0) is 6.54 Å². The van der Waals surface area contributed by atoms with E-state index in [9.17, 15) is 5.11 Å². The Hall–Kier alpha value is -1.64. The van der Waals surface area contributed by atoms with Crippen molar-refractivity contribution in [3.63, 3.8) is 0 Å².